The van der Waals surface area contributed by atoms with Crippen LogP contribution >= 0.6 is 28.3 Å². The highest BCUT2D eigenvalue weighted by Gasteiger charge is 2.30. The second kappa shape index (κ2) is 39.9. The topological polar surface area (TPSA) is 314 Å². The molecule has 30 rings (SSSR count). The summed E-state index contributed by atoms with van der Waals surface area (Å²) in [4.78, 5) is 51.2. The Hall–Kier alpha value is -16.2. The Morgan fingerprint density at radius 2 is 0.723 bits per heavy atom. The molecule has 0 radical (unpaired) electrons. The van der Waals surface area contributed by atoms with Gasteiger partial charge in [0.15, 0.2) is 11.6 Å². The molecular weight excluding hydrogens is 1930 g/mol. The van der Waals surface area contributed by atoms with E-state index in [1.165, 1.54) is 230 Å². The van der Waals surface area contributed by atoms with Crippen LogP contribution in [0, 0.1) is 24.0 Å². The number of phenolic OH excluding ortho intramolecular Hbond substituents is 2. The van der Waals surface area contributed by atoms with Crippen LogP contribution in [-0.4, -0.2) is 96.3 Å². The van der Waals surface area contributed by atoms with Crippen molar-refractivity contribution in [3.8, 4) is 79.0 Å². The number of benzene rings is 10. The van der Waals surface area contributed by atoms with Crippen LogP contribution in [0.3, 0.4) is 0 Å². The molecule has 11 N–H and O–H groups in total. The Labute approximate surface area is 865 Å². The Morgan fingerprint density at radius 3 is 1.18 bits per heavy atom. The van der Waals surface area contributed by atoms with Gasteiger partial charge in [-0.05, 0) is 386 Å². The van der Waals surface area contributed by atoms with Gasteiger partial charge in [-0.15, -0.1) is 12.4 Å². The van der Waals surface area contributed by atoms with Crippen molar-refractivity contribution in [3.05, 3.63) is 356 Å². The third-order valence-corrected chi connectivity index (χ3v) is 31.6. The summed E-state index contributed by atoms with van der Waals surface area (Å²) in [5.41, 5.74) is 49.2. The molecule has 0 unspecified atom stereocenters. The molecule has 0 amide bonds. The number of phenols is 2. The Morgan fingerprint density at radius 1 is 0.324 bits per heavy atom. The largest absolute Gasteiger partial charge is 0.508 e. The molecule has 0 bridgehead atoms. The smallest absolute Gasteiger partial charge is 0.165 e. The van der Waals surface area contributed by atoms with Gasteiger partial charge in [-0.1, -0.05) is 58.4 Å². The van der Waals surface area contributed by atoms with Crippen molar-refractivity contribution >= 4 is 165 Å². The first-order chi connectivity index (χ1) is 72.2. The molecule has 6 aliphatic carbocycles. The average Bonchev–Trinajstić information content (AvgIpc) is 1.69. The number of nitrogen functional groups attached to an aromatic ring is 1. The number of aryl methyl sites for hydroxylation is 7. The van der Waals surface area contributed by atoms with Crippen molar-refractivity contribution in [1.29, 1.82) is 5.41 Å². The van der Waals surface area contributed by atoms with Crippen LogP contribution < -0.4 is 5.73 Å². The quantitative estimate of drug-likeness (QED) is 0.0525. The van der Waals surface area contributed by atoms with Gasteiger partial charge in [0.1, 0.15) is 17.4 Å². The first-order valence-corrected chi connectivity index (χ1v) is 52.2. The predicted molar refractivity (Wildman–Crippen MR) is 599 cm³/mol. The Bertz CT molecular complexity index is 9190. The standard InChI is InChI=1S/C22H19FN2O.C21H17BrN2.C21H17FN2O.C21H19N5.C20H17N3.C19H16N4.ClH/c1-12-10-16-18(24-12)7-8-19-21(16)14-4-2-3-5-15(14)22(25-19)13-6-9-20(26)17(23)11-13;22-17-8-4-3-7-15(17)21-14-6-2-1-5-13(14)20-16-11-12-23-18(16)9-10-19(20)24-21;22-17-11-12(25)5-6-15(17)21-14-4-2-1-3-13(14)20-16-9-10-23-18(16)7-8-19(20)24-21;22-21(23)13-7-5-12(6-8-13)20-15-4-2-1-3-14(15)19-16-11-24-26-17(16)9-10-18(19)25-20;1-2-6-15-14(5-1)19-16-9-11-22-17(16)7-8-18(19)23-20(15)13-4-3-10-21-12-13;1-2-6-14-13(5-1)18-15-11-21-23-16(15)7-8-17(18)22-19(14)12-4-3-9-20-10-12;/h6-11,24,26H,2-5H2,1H3;3-4,7-12,24H,1-2,5-6H2;5-11,24-25H,1-4H2;5-11H,1-4H2,(H3,22,23)(H,24,26);3-4,7-12,23H,1-2,5-6H2;3-4,7-11H,1-2,5-6H2,(H,21,23);1H. The minimum atomic E-state index is -0.606. The second-order valence-electron chi connectivity index (χ2n) is 39.7. The van der Waals surface area contributed by atoms with E-state index in [0.29, 0.717) is 5.56 Å². The molecule has 148 heavy (non-hydrogen) atoms. The number of nitrogens with one attached hydrogen (secondary N) is 7. The summed E-state index contributed by atoms with van der Waals surface area (Å²) < 4.78 is 29.6. The molecule has 0 fully saturated rings. The maximum absolute atomic E-state index is 14.5. The fraction of sp³-hybridized carbons (Fsp3) is 0.202. The molecule has 14 aromatic heterocycles. The summed E-state index contributed by atoms with van der Waals surface area (Å²) in [6.45, 7) is 2.07. The zero-order chi connectivity index (χ0) is 99.0. The molecule has 0 atom stereocenters. The van der Waals surface area contributed by atoms with E-state index in [1.807, 2.05) is 110 Å². The van der Waals surface area contributed by atoms with Crippen LogP contribution in [-0.2, 0) is 77.0 Å². The number of nitrogens with two attached hydrogens (primary N) is 1. The first kappa shape index (κ1) is 94.1. The van der Waals surface area contributed by atoms with E-state index in [-0.39, 0.29) is 29.7 Å². The van der Waals surface area contributed by atoms with Gasteiger partial charge in [-0.2, -0.15) is 10.2 Å². The highest BCUT2D eigenvalue weighted by atomic mass is 79.9. The minimum absolute atomic E-state index is 0. The van der Waals surface area contributed by atoms with E-state index in [4.69, 9.17) is 26.1 Å². The number of aromatic hydroxyl groups is 2. The van der Waals surface area contributed by atoms with Crippen molar-refractivity contribution in [3.63, 3.8) is 0 Å². The van der Waals surface area contributed by atoms with E-state index < -0.39 is 11.6 Å². The van der Waals surface area contributed by atoms with E-state index >= 15 is 0 Å². The molecular formula is C124H106BrClF2N18O2. The molecule has 0 aliphatic heterocycles. The number of nitrogens with zero attached hydrogens (tertiary/aromatic N) is 10. The van der Waals surface area contributed by atoms with Crippen LogP contribution in [0.1, 0.15) is 155 Å². The van der Waals surface area contributed by atoms with Crippen molar-refractivity contribution in [2.45, 2.75) is 161 Å². The van der Waals surface area contributed by atoms with Gasteiger partial charge in [0.25, 0.3) is 0 Å². The summed E-state index contributed by atoms with van der Waals surface area (Å²) in [6, 6.07) is 67.0. The maximum atomic E-state index is 14.5. The lowest BCUT2D eigenvalue weighted by Gasteiger charge is -2.23. The lowest BCUT2D eigenvalue weighted by molar-refractivity contribution is 0.432. The van der Waals surface area contributed by atoms with Gasteiger partial charge in [0.2, 0.25) is 0 Å². The van der Waals surface area contributed by atoms with Gasteiger partial charge in [0, 0.05) is 185 Å². The fourth-order valence-corrected chi connectivity index (χ4v) is 24.8. The molecule has 6 aliphatic rings. The number of halogens is 4. The average molecular weight is 2030 g/mol. The number of pyridine rings is 8. The van der Waals surface area contributed by atoms with E-state index in [2.05, 4.69) is 203 Å². The zero-order valence-electron chi connectivity index (χ0n) is 81.8. The third-order valence-electron chi connectivity index (χ3n) is 30.9. The fourth-order valence-electron chi connectivity index (χ4n) is 24.3. The van der Waals surface area contributed by atoms with E-state index in [9.17, 15) is 19.0 Å². The summed E-state index contributed by atoms with van der Waals surface area (Å²) in [5.74, 6) is -1.30. The SMILES string of the molecule is Brc1ccccc1-c1[nH]c2ccc3nccc3c2c2c1CCCC2.Cc1cc2c(ccc3nc(-c4ccc(O)c(F)c4)c4c(c32)CCCC4)[nH]1.Cl.N=C(N)c1ccc(-c2nc3ccc4[nH]ncc4c3c3c2CCCC3)cc1.Oc1ccc(-c2[nH]c3ccc4nccc4c3c3c2CCCC3)c(F)c1.c1cncc(-c2[nH]c3ccc4nccc4c3c3c2CCCC3)c1.c1cncc(-c2nc3ccc4[nH]ncc4c3c3c2CCCC3)c1. The van der Waals surface area contributed by atoms with Gasteiger partial charge >= 0.3 is 0 Å². The molecule has 0 saturated carbocycles. The Balaban J connectivity index is 0.0000000948. The number of fused-ring (bicyclic) bond motifs is 30. The predicted octanol–water partition coefficient (Wildman–Crippen LogP) is 29.6. The number of rotatable bonds is 7. The van der Waals surface area contributed by atoms with Crippen LogP contribution in [0.4, 0.5) is 8.78 Å². The number of amidine groups is 1. The van der Waals surface area contributed by atoms with Crippen molar-refractivity contribution < 1.29 is 19.0 Å². The molecule has 24 heteroatoms. The maximum Gasteiger partial charge on any atom is 0.165 e. The van der Waals surface area contributed by atoms with Crippen molar-refractivity contribution in [2.75, 3.05) is 0 Å². The lowest BCUT2D eigenvalue weighted by atomic mass is 9.85. The molecule has 10 aromatic carbocycles. The monoisotopic (exact) mass is 2030 g/mol. The van der Waals surface area contributed by atoms with Gasteiger partial charge < -0.3 is 35.9 Å². The molecule has 0 saturated heterocycles. The molecule has 0 spiro atoms. The van der Waals surface area contributed by atoms with E-state index in [1.54, 1.807) is 12.1 Å². The summed E-state index contributed by atoms with van der Waals surface area (Å²) in [7, 11) is 0. The molecule has 732 valence electrons. The normalized spacial score (nSPS) is 14.0. The van der Waals surface area contributed by atoms with Gasteiger partial charge in [-0.3, -0.25) is 40.5 Å². The van der Waals surface area contributed by atoms with Gasteiger partial charge in [-0.25, -0.2) is 23.7 Å². The zero-order valence-corrected chi connectivity index (χ0v) is 84.2. The third kappa shape index (κ3) is 17.3. The summed E-state index contributed by atoms with van der Waals surface area (Å²) in [5, 5.41) is 56.2. The molecule has 20 nitrogen and oxygen atoms in total. The first-order valence-electron chi connectivity index (χ1n) is 51.4. The number of H-pyrrole nitrogens is 6. The van der Waals surface area contributed by atoms with E-state index in [0.717, 1.165) is 224 Å². The van der Waals surface area contributed by atoms with Crippen LogP contribution in [0.2, 0.25) is 0 Å². The van der Waals surface area contributed by atoms with Crippen LogP contribution in [0.15, 0.2) is 267 Å². The van der Waals surface area contributed by atoms with Gasteiger partial charge in [0.05, 0.1) is 90.7 Å². The van der Waals surface area contributed by atoms with Crippen LogP contribution in [0.25, 0.3) is 198 Å². The van der Waals surface area contributed by atoms with Crippen molar-refractivity contribution in [2.24, 2.45) is 5.73 Å². The Kier molecular flexibility index (Phi) is 25.4. The number of hydrogen-bond donors (Lipinski definition) is 10. The molecule has 14 heterocycles. The number of aromatic nitrogens is 16. The number of aromatic amines is 6. The second-order valence-corrected chi connectivity index (χ2v) is 40.6. The minimum Gasteiger partial charge on any atom is -0.508 e. The summed E-state index contributed by atoms with van der Waals surface area (Å²) in [6.07, 6.45) is 44.3. The molecule has 24 aromatic rings. The van der Waals surface area contributed by atoms with Crippen molar-refractivity contribution in [1.82, 2.24) is 80.2 Å². The summed E-state index contributed by atoms with van der Waals surface area (Å²) >= 11 is 3.73. The number of hydrogen-bond acceptors (Lipinski definition) is 13. The highest BCUT2D eigenvalue weighted by molar-refractivity contribution is 9.10. The highest BCUT2D eigenvalue weighted by Crippen LogP contribution is 2.48. The van der Waals surface area contributed by atoms with Crippen LogP contribution in [0.5, 0.6) is 11.5 Å². The lowest BCUT2D eigenvalue weighted by Crippen LogP contribution is -2.11.